The number of aromatic nitrogens is 1. The molecule has 0 aliphatic heterocycles. The number of hydrogen-bond donors (Lipinski definition) is 2. The van der Waals surface area contributed by atoms with Crippen LogP contribution in [0.1, 0.15) is 16.1 Å². The van der Waals surface area contributed by atoms with Crippen LogP contribution in [0.4, 0.5) is 18.9 Å². The predicted molar refractivity (Wildman–Crippen MR) is 70.8 cm³/mol. The Labute approximate surface area is 118 Å². The molecule has 2 rings (SSSR count). The average molecular weight is 298 g/mol. The van der Waals surface area contributed by atoms with Crippen molar-refractivity contribution in [3.63, 3.8) is 0 Å². The summed E-state index contributed by atoms with van der Waals surface area (Å²) in [6, 6.07) is 9.08. The second kappa shape index (κ2) is 6.01. The molecule has 0 saturated carbocycles. The molecule has 1 heterocycles. The minimum atomic E-state index is -4.39. The van der Waals surface area contributed by atoms with Gasteiger partial charge in [-0.15, -0.1) is 0 Å². The van der Waals surface area contributed by atoms with Gasteiger partial charge in [0.25, 0.3) is 5.91 Å². The number of carbonyl (C=O) groups is 1. The van der Waals surface area contributed by atoms with E-state index in [4.69, 9.17) is 5.11 Å². The summed E-state index contributed by atoms with van der Waals surface area (Å²) in [6.45, 7) is -1.34. The molecule has 2 N–H and O–H groups in total. The lowest BCUT2D eigenvalue weighted by molar-refractivity contribution is -0.140. The Balaban J connectivity index is 2.11. The normalized spacial score (nSPS) is 11.4. The average Bonchev–Trinajstić information content (AvgIpc) is 2.85. The lowest BCUT2D eigenvalue weighted by Crippen LogP contribution is -2.23. The van der Waals surface area contributed by atoms with Crippen molar-refractivity contribution in [1.82, 2.24) is 4.57 Å². The molecule has 1 amide bonds. The van der Waals surface area contributed by atoms with E-state index < -0.39 is 18.6 Å². The fraction of sp³-hybridized carbons (Fsp3) is 0.214. The summed E-state index contributed by atoms with van der Waals surface area (Å²) >= 11 is 0. The van der Waals surface area contributed by atoms with E-state index in [9.17, 15) is 18.0 Å². The maximum Gasteiger partial charge on any atom is 0.406 e. The first kappa shape index (κ1) is 15.1. The monoisotopic (exact) mass is 298 g/mol. The summed E-state index contributed by atoms with van der Waals surface area (Å²) in [5.41, 5.74) is 1.05. The van der Waals surface area contributed by atoms with Crippen molar-refractivity contribution >= 4 is 11.6 Å². The molecule has 112 valence electrons. The van der Waals surface area contributed by atoms with E-state index >= 15 is 0 Å². The van der Waals surface area contributed by atoms with Crippen LogP contribution in [0.25, 0.3) is 0 Å². The molecule has 1 aromatic heterocycles. The molecular formula is C14H13F3N2O2. The lowest BCUT2D eigenvalue weighted by Gasteiger charge is -2.12. The molecule has 0 bridgehead atoms. The summed E-state index contributed by atoms with van der Waals surface area (Å²) in [7, 11) is 0. The fourth-order valence-corrected chi connectivity index (χ4v) is 1.84. The van der Waals surface area contributed by atoms with Gasteiger partial charge in [-0.3, -0.25) is 4.79 Å². The van der Waals surface area contributed by atoms with Crippen LogP contribution < -0.4 is 5.32 Å². The molecule has 0 radical (unpaired) electrons. The van der Waals surface area contributed by atoms with Gasteiger partial charge < -0.3 is 15.0 Å². The van der Waals surface area contributed by atoms with Crippen molar-refractivity contribution in [3.8, 4) is 0 Å². The largest absolute Gasteiger partial charge is 0.406 e. The Morgan fingerprint density at radius 2 is 1.86 bits per heavy atom. The molecule has 4 nitrogen and oxygen atoms in total. The number of rotatable bonds is 4. The minimum absolute atomic E-state index is 0.0708. The topological polar surface area (TPSA) is 54.3 Å². The van der Waals surface area contributed by atoms with E-state index in [0.29, 0.717) is 11.3 Å². The molecule has 0 aliphatic rings. The number of aliphatic hydroxyl groups excluding tert-OH is 1. The van der Waals surface area contributed by atoms with Gasteiger partial charge >= 0.3 is 6.18 Å². The van der Waals surface area contributed by atoms with Gasteiger partial charge in [-0.05, 0) is 29.8 Å². The van der Waals surface area contributed by atoms with Crippen LogP contribution in [0.15, 0.2) is 42.6 Å². The molecule has 0 unspecified atom stereocenters. The van der Waals surface area contributed by atoms with Crippen molar-refractivity contribution in [2.24, 2.45) is 0 Å². The number of aliphatic hydroxyl groups is 1. The molecule has 21 heavy (non-hydrogen) atoms. The standard InChI is InChI=1S/C14H13F3N2O2/c15-14(16,17)9-19-7-1-2-12(19)13(21)18-11-5-3-10(8-20)4-6-11/h1-7,20H,8-9H2,(H,18,21). The highest BCUT2D eigenvalue weighted by Crippen LogP contribution is 2.19. The summed E-state index contributed by atoms with van der Waals surface area (Å²) in [4.78, 5) is 12.0. The molecule has 0 atom stereocenters. The van der Waals surface area contributed by atoms with Crippen LogP contribution >= 0.6 is 0 Å². The van der Waals surface area contributed by atoms with Crippen molar-refractivity contribution in [1.29, 1.82) is 0 Å². The van der Waals surface area contributed by atoms with E-state index in [1.165, 1.54) is 18.3 Å². The maximum absolute atomic E-state index is 12.4. The van der Waals surface area contributed by atoms with Gasteiger partial charge in [0.2, 0.25) is 0 Å². The van der Waals surface area contributed by atoms with Crippen LogP contribution in [0, 0.1) is 0 Å². The third-order valence-corrected chi connectivity index (χ3v) is 2.81. The fourth-order valence-electron chi connectivity index (χ4n) is 1.84. The number of alkyl halides is 3. The molecule has 0 spiro atoms. The molecule has 2 aromatic rings. The van der Waals surface area contributed by atoms with Gasteiger partial charge in [0.1, 0.15) is 12.2 Å². The van der Waals surface area contributed by atoms with Crippen molar-refractivity contribution < 1.29 is 23.1 Å². The van der Waals surface area contributed by atoms with Gasteiger partial charge in [-0.1, -0.05) is 12.1 Å². The van der Waals surface area contributed by atoms with E-state index in [-0.39, 0.29) is 12.3 Å². The number of anilines is 1. The maximum atomic E-state index is 12.4. The quantitative estimate of drug-likeness (QED) is 0.912. The smallest absolute Gasteiger partial charge is 0.392 e. The van der Waals surface area contributed by atoms with Crippen molar-refractivity contribution in [3.05, 3.63) is 53.9 Å². The first-order valence-corrected chi connectivity index (χ1v) is 6.12. The first-order chi connectivity index (χ1) is 9.89. The number of benzene rings is 1. The highest BCUT2D eigenvalue weighted by molar-refractivity contribution is 6.03. The highest BCUT2D eigenvalue weighted by Gasteiger charge is 2.29. The van der Waals surface area contributed by atoms with Gasteiger partial charge in [-0.2, -0.15) is 13.2 Å². The van der Waals surface area contributed by atoms with Crippen LogP contribution in [0.5, 0.6) is 0 Å². The zero-order chi connectivity index (χ0) is 15.5. The molecule has 7 heteroatoms. The summed E-state index contributed by atoms with van der Waals surface area (Å²) in [5, 5.41) is 11.4. The van der Waals surface area contributed by atoms with Crippen LogP contribution in [0.2, 0.25) is 0 Å². The Kier molecular flexibility index (Phi) is 4.32. The van der Waals surface area contributed by atoms with Gasteiger partial charge in [-0.25, -0.2) is 0 Å². The molecule has 0 fully saturated rings. The Morgan fingerprint density at radius 3 is 2.43 bits per heavy atom. The highest BCUT2D eigenvalue weighted by atomic mass is 19.4. The second-order valence-electron chi connectivity index (χ2n) is 4.45. The van der Waals surface area contributed by atoms with Crippen LogP contribution in [-0.2, 0) is 13.2 Å². The van der Waals surface area contributed by atoms with Crippen molar-refractivity contribution in [2.75, 3.05) is 5.32 Å². The minimum Gasteiger partial charge on any atom is -0.392 e. The SMILES string of the molecule is O=C(Nc1ccc(CO)cc1)c1cccn1CC(F)(F)F. The van der Waals surface area contributed by atoms with Crippen LogP contribution in [0.3, 0.4) is 0 Å². The summed E-state index contributed by atoms with van der Waals surface area (Å²) in [5.74, 6) is -0.624. The van der Waals surface area contributed by atoms with Gasteiger partial charge in [0, 0.05) is 11.9 Å². The number of amides is 1. The van der Waals surface area contributed by atoms with E-state index in [1.54, 1.807) is 24.3 Å². The third-order valence-electron chi connectivity index (χ3n) is 2.81. The zero-order valence-electron chi connectivity index (χ0n) is 10.9. The number of carbonyl (C=O) groups excluding carboxylic acids is 1. The lowest BCUT2D eigenvalue weighted by atomic mass is 10.2. The van der Waals surface area contributed by atoms with Crippen molar-refractivity contribution in [2.45, 2.75) is 19.3 Å². The van der Waals surface area contributed by atoms with E-state index in [0.717, 1.165) is 4.57 Å². The summed E-state index contributed by atoms with van der Waals surface area (Å²) < 4.78 is 38.0. The summed E-state index contributed by atoms with van der Waals surface area (Å²) in [6.07, 6.45) is -3.19. The molecule has 0 saturated heterocycles. The number of halogens is 3. The number of hydrogen-bond acceptors (Lipinski definition) is 2. The third kappa shape index (κ3) is 4.09. The van der Waals surface area contributed by atoms with E-state index in [1.807, 2.05) is 0 Å². The Bertz CT molecular complexity index is 618. The molecule has 0 aliphatic carbocycles. The van der Waals surface area contributed by atoms with Crippen LogP contribution in [-0.4, -0.2) is 21.8 Å². The first-order valence-electron chi connectivity index (χ1n) is 6.12. The van der Waals surface area contributed by atoms with E-state index in [2.05, 4.69) is 5.32 Å². The zero-order valence-corrected chi connectivity index (χ0v) is 10.9. The Morgan fingerprint density at radius 1 is 1.19 bits per heavy atom. The number of nitrogens with zero attached hydrogens (tertiary/aromatic N) is 1. The Hall–Kier alpha value is -2.28. The predicted octanol–water partition coefficient (Wildman–Crippen LogP) is 2.80. The molecule has 1 aromatic carbocycles. The van der Waals surface area contributed by atoms with Gasteiger partial charge in [0.15, 0.2) is 0 Å². The second-order valence-corrected chi connectivity index (χ2v) is 4.45. The van der Waals surface area contributed by atoms with Gasteiger partial charge in [0.05, 0.1) is 6.61 Å². The molecular weight excluding hydrogens is 285 g/mol. The number of nitrogens with one attached hydrogen (secondary N) is 1.